The summed E-state index contributed by atoms with van der Waals surface area (Å²) in [4.78, 5) is 2.27. The lowest BCUT2D eigenvalue weighted by molar-refractivity contribution is -0.0206. The number of nitrogens with zero attached hydrogens (tertiary/aromatic N) is 1. The second-order valence-electron chi connectivity index (χ2n) is 9.40. The SMILES string of the molecule is CC(C)(O)C1CCN(CC(O)COc2ccc(C3=CCOCC3)c3ccccc23)CC1. The Bertz CT molecular complexity index is 909. The predicted molar refractivity (Wildman–Crippen MR) is 124 cm³/mol. The predicted octanol–water partition coefficient (Wildman–Crippen LogP) is 3.87. The minimum atomic E-state index is -0.623. The number of likely N-dealkylation sites (tertiary alicyclic amines) is 1. The third-order valence-electron chi connectivity index (χ3n) is 6.68. The van der Waals surface area contributed by atoms with Gasteiger partial charge in [-0.1, -0.05) is 36.4 Å². The summed E-state index contributed by atoms with van der Waals surface area (Å²) >= 11 is 0. The molecule has 5 heteroatoms. The maximum Gasteiger partial charge on any atom is 0.127 e. The Balaban J connectivity index is 1.38. The molecule has 31 heavy (non-hydrogen) atoms. The molecule has 1 fully saturated rings. The third kappa shape index (κ3) is 5.47. The minimum absolute atomic E-state index is 0.269. The first kappa shape index (κ1) is 22.3. The van der Waals surface area contributed by atoms with Crippen LogP contribution in [-0.4, -0.2) is 66.3 Å². The Morgan fingerprint density at radius 2 is 1.87 bits per heavy atom. The van der Waals surface area contributed by atoms with Crippen molar-refractivity contribution in [2.24, 2.45) is 5.92 Å². The van der Waals surface area contributed by atoms with Crippen molar-refractivity contribution in [1.29, 1.82) is 0 Å². The fourth-order valence-corrected chi connectivity index (χ4v) is 4.81. The quantitative estimate of drug-likeness (QED) is 0.705. The van der Waals surface area contributed by atoms with Gasteiger partial charge in [-0.15, -0.1) is 0 Å². The van der Waals surface area contributed by atoms with Crippen molar-refractivity contribution in [2.45, 2.75) is 44.8 Å². The largest absolute Gasteiger partial charge is 0.490 e. The van der Waals surface area contributed by atoms with Gasteiger partial charge in [0, 0.05) is 11.9 Å². The van der Waals surface area contributed by atoms with Gasteiger partial charge < -0.3 is 24.6 Å². The van der Waals surface area contributed by atoms with Crippen LogP contribution in [0.15, 0.2) is 42.5 Å². The minimum Gasteiger partial charge on any atom is -0.490 e. The molecular formula is C26H35NO4. The molecule has 2 heterocycles. The van der Waals surface area contributed by atoms with Crippen LogP contribution < -0.4 is 4.74 Å². The first-order valence-electron chi connectivity index (χ1n) is 11.5. The molecule has 2 N–H and O–H groups in total. The van der Waals surface area contributed by atoms with Gasteiger partial charge in [-0.25, -0.2) is 0 Å². The van der Waals surface area contributed by atoms with Crippen LogP contribution in [0.1, 0.15) is 38.7 Å². The average Bonchev–Trinajstić information content (AvgIpc) is 2.78. The molecule has 2 aliphatic rings. The molecule has 1 unspecified atom stereocenters. The molecule has 0 saturated carbocycles. The molecule has 168 valence electrons. The summed E-state index contributed by atoms with van der Waals surface area (Å²) < 4.78 is 11.5. The summed E-state index contributed by atoms with van der Waals surface area (Å²) in [5.41, 5.74) is 1.94. The van der Waals surface area contributed by atoms with Crippen LogP contribution in [0.25, 0.3) is 16.3 Å². The molecule has 4 rings (SSSR count). The second-order valence-corrected chi connectivity index (χ2v) is 9.40. The van der Waals surface area contributed by atoms with Gasteiger partial charge in [0.05, 0.1) is 18.8 Å². The summed E-state index contributed by atoms with van der Waals surface area (Å²) in [5.74, 6) is 1.14. The summed E-state index contributed by atoms with van der Waals surface area (Å²) in [6.45, 7) is 7.89. The van der Waals surface area contributed by atoms with Crippen molar-refractivity contribution in [3.63, 3.8) is 0 Å². The van der Waals surface area contributed by atoms with Gasteiger partial charge in [-0.05, 0) is 74.7 Å². The fourth-order valence-electron chi connectivity index (χ4n) is 4.81. The van der Waals surface area contributed by atoms with Crippen molar-refractivity contribution in [1.82, 2.24) is 4.90 Å². The number of ether oxygens (including phenoxy) is 2. The molecule has 0 radical (unpaired) electrons. The van der Waals surface area contributed by atoms with E-state index in [4.69, 9.17) is 9.47 Å². The van der Waals surface area contributed by atoms with Crippen molar-refractivity contribution < 1.29 is 19.7 Å². The van der Waals surface area contributed by atoms with Crippen LogP contribution in [0.3, 0.4) is 0 Å². The van der Waals surface area contributed by atoms with Crippen molar-refractivity contribution >= 4 is 16.3 Å². The Morgan fingerprint density at radius 1 is 1.13 bits per heavy atom. The molecule has 5 nitrogen and oxygen atoms in total. The topological polar surface area (TPSA) is 62.2 Å². The first-order valence-corrected chi connectivity index (χ1v) is 11.5. The Hall–Kier alpha value is -1.92. The summed E-state index contributed by atoms with van der Waals surface area (Å²) in [7, 11) is 0. The first-order chi connectivity index (χ1) is 14.9. The maximum atomic E-state index is 10.6. The van der Waals surface area contributed by atoms with E-state index in [-0.39, 0.29) is 6.61 Å². The highest BCUT2D eigenvalue weighted by atomic mass is 16.5. The number of aliphatic hydroxyl groups excluding tert-OH is 1. The number of fused-ring (bicyclic) bond motifs is 1. The van der Waals surface area contributed by atoms with Crippen molar-refractivity contribution in [3.05, 3.63) is 48.0 Å². The molecule has 0 spiro atoms. The number of benzene rings is 2. The average molecular weight is 426 g/mol. The number of hydrogen-bond acceptors (Lipinski definition) is 5. The molecule has 2 aromatic carbocycles. The Labute approximate surface area is 185 Å². The molecule has 0 amide bonds. The number of hydrogen-bond donors (Lipinski definition) is 2. The van der Waals surface area contributed by atoms with Crippen LogP contribution in [0.4, 0.5) is 0 Å². The van der Waals surface area contributed by atoms with Gasteiger partial charge in [0.2, 0.25) is 0 Å². The van der Waals surface area contributed by atoms with Gasteiger partial charge in [0.15, 0.2) is 0 Å². The van der Waals surface area contributed by atoms with E-state index in [0.717, 1.165) is 50.1 Å². The highest BCUT2D eigenvalue weighted by Crippen LogP contribution is 2.34. The summed E-state index contributed by atoms with van der Waals surface area (Å²) in [5, 5.41) is 23.0. The van der Waals surface area contributed by atoms with E-state index in [2.05, 4.69) is 35.2 Å². The van der Waals surface area contributed by atoms with E-state index in [1.54, 1.807) is 0 Å². The molecule has 2 aliphatic heterocycles. The molecular weight excluding hydrogens is 390 g/mol. The van der Waals surface area contributed by atoms with Gasteiger partial charge in [0.25, 0.3) is 0 Å². The lowest BCUT2D eigenvalue weighted by Crippen LogP contribution is -2.45. The second kappa shape index (κ2) is 9.70. The van der Waals surface area contributed by atoms with Gasteiger partial charge in [-0.3, -0.25) is 0 Å². The van der Waals surface area contributed by atoms with Gasteiger partial charge in [-0.2, -0.15) is 0 Å². The number of aliphatic hydroxyl groups is 2. The lowest BCUT2D eigenvalue weighted by Gasteiger charge is -2.38. The molecule has 1 atom stereocenters. The van der Waals surface area contributed by atoms with E-state index in [1.165, 1.54) is 16.5 Å². The normalized spacial score (nSPS) is 19.9. The lowest BCUT2D eigenvalue weighted by atomic mass is 9.83. The number of piperidine rings is 1. The monoisotopic (exact) mass is 425 g/mol. The number of rotatable bonds is 7. The smallest absolute Gasteiger partial charge is 0.127 e. The zero-order chi connectivity index (χ0) is 21.8. The van der Waals surface area contributed by atoms with Crippen LogP contribution in [0.2, 0.25) is 0 Å². The molecule has 0 bridgehead atoms. The number of β-amino-alcohol motifs (C(OH)–C–C–N with tert-alkyl or cyclic N) is 1. The van der Waals surface area contributed by atoms with Crippen LogP contribution in [0.5, 0.6) is 5.75 Å². The van der Waals surface area contributed by atoms with E-state index in [9.17, 15) is 10.2 Å². The summed E-state index contributed by atoms with van der Waals surface area (Å²) in [6.07, 6.45) is 4.47. The van der Waals surface area contributed by atoms with Crippen LogP contribution in [0, 0.1) is 5.92 Å². The van der Waals surface area contributed by atoms with Crippen LogP contribution in [-0.2, 0) is 4.74 Å². The van der Waals surface area contributed by atoms with E-state index < -0.39 is 11.7 Å². The molecule has 0 aromatic heterocycles. The van der Waals surface area contributed by atoms with Gasteiger partial charge >= 0.3 is 0 Å². The zero-order valence-corrected chi connectivity index (χ0v) is 18.7. The highest BCUT2D eigenvalue weighted by Gasteiger charge is 2.31. The Morgan fingerprint density at radius 3 is 2.55 bits per heavy atom. The highest BCUT2D eigenvalue weighted by molar-refractivity contribution is 5.97. The van der Waals surface area contributed by atoms with Crippen molar-refractivity contribution in [3.8, 4) is 5.75 Å². The van der Waals surface area contributed by atoms with Gasteiger partial charge in [0.1, 0.15) is 18.5 Å². The van der Waals surface area contributed by atoms with E-state index in [0.29, 0.717) is 19.1 Å². The standard InChI is InChI=1S/C26H35NO4/c1-26(2,29)20-9-13-27(14-10-20)17-21(28)18-31-25-8-7-22(19-11-15-30-16-12-19)23-5-3-4-6-24(23)25/h3-8,11,20-21,28-29H,9-10,12-18H2,1-2H3. The van der Waals surface area contributed by atoms with Crippen molar-refractivity contribution in [2.75, 3.05) is 39.5 Å². The van der Waals surface area contributed by atoms with E-state index in [1.807, 2.05) is 26.0 Å². The summed E-state index contributed by atoms with van der Waals surface area (Å²) in [6, 6.07) is 12.5. The zero-order valence-electron chi connectivity index (χ0n) is 18.7. The van der Waals surface area contributed by atoms with Crippen LogP contribution >= 0.6 is 0 Å². The molecule has 2 aromatic rings. The molecule has 1 saturated heterocycles. The Kier molecular flexibility index (Phi) is 6.97. The molecule has 0 aliphatic carbocycles. The fraction of sp³-hybridized carbons (Fsp3) is 0.538. The van der Waals surface area contributed by atoms with E-state index >= 15 is 0 Å². The maximum absolute atomic E-state index is 10.6. The third-order valence-corrected chi connectivity index (χ3v) is 6.68.